The second-order valence-corrected chi connectivity index (χ2v) is 5.82. The number of anilines is 1. The molecule has 1 atom stereocenters. The smallest absolute Gasteiger partial charge is 0.319 e. The van der Waals surface area contributed by atoms with Crippen LogP contribution >= 0.6 is 0 Å². The Hall–Kier alpha value is -2.96. The maximum atomic E-state index is 13.7. The van der Waals surface area contributed by atoms with Gasteiger partial charge in [-0.2, -0.15) is 0 Å². The summed E-state index contributed by atoms with van der Waals surface area (Å²) in [5, 5.41) is 5.36. The minimum atomic E-state index is -0.557. The van der Waals surface area contributed by atoms with E-state index in [0.717, 1.165) is 0 Å². The molecule has 1 aliphatic heterocycles. The van der Waals surface area contributed by atoms with Gasteiger partial charge in [-0.05, 0) is 42.8 Å². The van der Waals surface area contributed by atoms with Crippen molar-refractivity contribution in [2.75, 3.05) is 18.4 Å². The molecule has 130 valence electrons. The van der Waals surface area contributed by atoms with Crippen molar-refractivity contribution in [1.82, 2.24) is 10.2 Å². The number of rotatable bonds is 3. The summed E-state index contributed by atoms with van der Waals surface area (Å²) in [5.74, 6) is -1.33. The van der Waals surface area contributed by atoms with E-state index in [1.165, 1.54) is 47.4 Å². The summed E-state index contributed by atoms with van der Waals surface area (Å²) < 4.78 is 26.6. The average molecular weight is 345 g/mol. The van der Waals surface area contributed by atoms with Gasteiger partial charge >= 0.3 is 6.03 Å². The molecule has 0 spiro atoms. The predicted molar refractivity (Wildman–Crippen MR) is 89.3 cm³/mol. The monoisotopic (exact) mass is 345 g/mol. The number of halogens is 2. The zero-order valence-corrected chi connectivity index (χ0v) is 13.3. The molecule has 0 bridgehead atoms. The molecule has 1 fully saturated rings. The first kappa shape index (κ1) is 16.9. The molecule has 7 heteroatoms. The molecule has 25 heavy (non-hydrogen) atoms. The third-order valence-corrected chi connectivity index (χ3v) is 4.02. The standard InChI is InChI=1S/C18H17F2N3O2/c19-12-5-7-13(8-6-12)21-18(25)22-14-9-10-23(11-14)17(24)15-3-1-2-4-16(15)20/h1-8,14H,9-11H2,(H2,21,22,25)/t14-/m0/s1. The number of benzene rings is 2. The third-order valence-electron chi connectivity index (χ3n) is 4.02. The van der Waals surface area contributed by atoms with Gasteiger partial charge in [0.2, 0.25) is 0 Å². The van der Waals surface area contributed by atoms with Crippen LogP contribution in [0.1, 0.15) is 16.8 Å². The maximum Gasteiger partial charge on any atom is 0.319 e. The maximum absolute atomic E-state index is 13.7. The number of hydrogen-bond donors (Lipinski definition) is 2. The Bertz CT molecular complexity index is 780. The highest BCUT2D eigenvalue weighted by Crippen LogP contribution is 2.16. The third kappa shape index (κ3) is 4.12. The Balaban J connectivity index is 1.54. The van der Waals surface area contributed by atoms with E-state index in [1.54, 1.807) is 6.07 Å². The van der Waals surface area contributed by atoms with E-state index in [1.807, 2.05) is 0 Å². The minimum Gasteiger partial charge on any atom is -0.336 e. The van der Waals surface area contributed by atoms with Gasteiger partial charge in [-0.1, -0.05) is 12.1 Å². The van der Waals surface area contributed by atoms with Crippen LogP contribution in [0, 0.1) is 11.6 Å². The van der Waals surface area contributed by atoms with Crippen LogP contribution in [0.25, 0.3) is 0 Å². The quantitative estimate of drug-likeness (QED) is 0.898. The Kier molecular flexibility index (Phi) is 4.92. The first-order chi connectivity index (χ1) is 12.0. The van der Waals surface area contributed by atoms with Gasteiger partial charge in [0.1, 0.15) is 11.6 Å². The number of urea groups is 1. The van der Waals surface area contributed by atoms with Crippen LogP contribution in [-0.4, -0.2) is 36.0 Å². The van der Waals surface area contributed by atoms with Crippen molar-refractivity contribution in [3.05, 3.63) is 65.7 Å². The zero-order valence-electron chi connectivity index (χ0n) is 13.3. The highest BCUT2D eigenvalue weighted by Gasteiger charge is 2.29. The van der Waals surface area contributed by atoms with Gasteiger partial charge in [0, 0.05) is 24.8 Å². The molecule has 1 heterocycles. The molecule has 2 N–H and O–H groups in total. The van der Waals surface area contributed by atoms with E-state index >= 15 is 0 Å². The van der Waals surface area contributed by atoms with E-state index < -0.39 is 11.8 Å². The van der Waals surface area contributed by atoms with Gasteiger partial charge in [-0.3, -0.25) is 4.79 Å². The molecule has 3 rings (SSSR count). The van der Waals surface area contributed by atoms with Crippen molar-refractivity contribution in [2.45, 2.75) is 12.5 Å². The van der Waals surface area contributed by atoms with E-state index in [0.29, 0.717) is 25.2 Å². The van der Waals surface area contributed by atoms with Crippen molar-refractivity contribution in [2.24, 2.45) is 0 Å². The number of carbonyl (C=O) groups is 2. The molecule has 0 aliphatic carbocycles. The van der Waals surface area contributed by atoms with Gasteiger partial charge in [-0.25, -0.2) is 13.6 Å². The molecule has 0 aromatic heterocycles. The molecule has 3 amide bonds. The fourth-order valence-electron chi connectivity index (χ4n) is 2.75. The van der Waals surface area contributed by atoms with Crippen LogP contribution in [0.2, 0.25) is 0 Å². The number of nitrogens with one attached hydrogen (secondary N) is 2. The largest absolute Gasteiger partial charge is 0.336 e. The lowest BCUT2D eigenvalue weighted by molar-refractivity contribution is 0.0785. The van der Waals surface area contributed by atoms with Crippen molar-refractivity contribution in [3.63, 3.8) is 0 Å². The molecule has 0 saturated carbocycles. The van der Waals surface area contributed by atoms with E-state index in [4.69, 9.17) is 0 Å². The molecular weight excluding hydrogens is 328 g/mol. The van der Waals surface area contributed by atoms with Crippen LogP contribution in [0.15, 0.2) is 48.5 Å². The van der Waals surface area contributed by atoms with E-state index in [-0.39, 0.29) is 23.3 Å². The Labute approximate surface area is 143 Å². The summed E-state index contributed by atoms with van der Waals surface area (Å²) in [7, 11) is 0. The Morgan fingerprint density at radius 1 is 1.04 bits per heavy atom. The predicted octanol–water partition coefficient (Wildman–Crippen LogP) is 3.00. The van der Waals surface area contributed by atoms with Crippen molar-refractivity contribution >= 4 is 17.6 Å². The molecule has 0 unspecified atom stereocenters. The minimum absolute atomic E-state index is 0.0268. The summed E-state index contributed by atoms with van der Waals surface area (Å²) in [6, 6.07) is 10.6. The lowest BCUT2D eigenvalue weighted by Gasteiger charge is -2.17. The fraction of sp³-hybridized carbons (Fsp3) is 0.222. The van der Waals surface area contributed by atoms with Crippen LogP contribution in [-0.2, 0) is 0 Å². The summed E-state index contributed by atoms with van der Waals surface area (Å²) in [4.78, 5) is 25.8. The summed E-state index contributed by atoms with van der Waals surface area (Å²) in [6.45, 7) is 0.749. The van der Waals surface area contributed by atoms with Crippen molar-refractivity contribution < 1.29 is 18.4 Å². The van der Waals surface area contributed by atoms with Crippen LogP contribution in [0.5, 0.6) is 0 Å². The Morgan fingerprint density at radius 3 is 2.48 bits per heavy atom. The first-order valence-electron chi connectivity index (χ1n) is 7.90. The zero-order chi connectivity index (χ0) is 17.8. The lowest BCUT2D eigenvalue weighted by atomic mass is 10.2. The molecular formula is C18H17F2N3O2. The van der Waals surface area contributed by atoms with Crippen molar-refractivity contribution in [3.8, 4) is 0 Å². The molecule has 1 saturated heterocycles. The topological polar surface area (TPSA) is 61.4 Å². The van der Waals surface area contributed by atoms with Crippen LogP contribution in [0.3, 0.4) is 0 Å². The summed E-state index contributed by atoms with van der Waals surface area (Å²) in [5.41, 5.74) is 0.495. The van der Waals surface area contributed by atoms with Crippen LogP contribution in [0.4, 0.5) is 19.3 Å². The molecule has 0 radical (unpaired) electrons. The number of amides is 3. The lowest BCUT2D eigenvalue weighted by Crippen LogP contribution is -2.40. The first-order valence-corrected chi connectivity index (χ1v) is 7.90. The Morgan fingerprint density at radius 2 is 1.76 bits per heavy atom. The van der Waals surface area contributed by atoms with Crippen LogP contribution < -0.4 is 10.6 Å². The highest BCUT2D eigenvalue weighted by molar-refractivity contribution is 5.95. The molecule has 2 aromatic rings. The number of nitrogens with zero attached hydrogens (tertiary/aromatic N) is 1. The number of likely N-dealkylation sites (tertiary alicyclic amines) is 1. The average Bonchev–Trinajstić information content (AvgIpc) is 3.05. The second kappa shape index (κ2) is 7.29. The molecule has 1 aliphatic rings. The number of hydrogen-bond acceptors (Lipinski definition) is 2. The van der Waals surface area contributed by atoms with Gasteiger partial charge < -0.3 is 15.5 Å². The van der Waals surface area contributed by atoms with Gasteiger partial charge in [0.25, 0.3) is 5.91 Å². The second-order valence-electron chi connectivity index (χ2n) is 5.82. The molecule has 5 nitrogen and oxygen atoms in total. The van der Waals surface area contributed by atoms with E-state index in [2.05, 4.69) is 10.6 Å². The number of carbonyl (C=O) groups excluding carboxylic acids is 2. The SMILES string of the molecule is O=C(Nc1ccc(F)cc1)N[C@H]1CCN(C(=O)c2ccccc2F)C1. The van der Waals surface area contributed by atoms with Gasteiger partial charge in [-0.15, -0.1) is 0 Å². The fourth-order valence-corrected chi connectivity index (χ4v) is 2.75. The van der Waals surface area contributed by atoms with E-state index in [9.17, 15) is 18.4 Å². The van der Waals surface area contributed by atoms with Gasteiger partial charge in [0.15, 0.2) is 0 Å². The van der Waals surface area contributed by atoms with Crippen molar-refractivity contribution in [1.29, 1.82) is 0 Å². The molecule has 2 aromatic carbocycles. The van der Waals surface area contributed by atoms with Gasteiger partial charge in [0.05, 0.1) is 5.56 Å². The summed E-state index contributed by atoms with van der Waals surface area (Å²) in [6.07, 6.45) is 0.580. The summed E-state index contributed by atoms with van der Waals surface area (Å²) >= 11 is 0. The normalized spacial score (nSPS) is 16.6. The highest BCUT2D eigenvalue weighted by atomic mass is 19.1.